The number of para-hydroxylation sites is 1. The lowest BCUT2D eigenvalue weighted by Gasteiger charge is -2.39. The number of rotatable bonds is 2. The first-order valence-corrected chi connectivity index (χ1v) is 9.22. The van der Waals surface area contributed by atoms with Gasteiger partial charge in [0.1, 0.15) is 11.4 Å². The number of benzene rings is 1. The van der Waals surface area contributed by atoms with E-state index in [0.717, 1.165) is 11.3 Å². The minimum absolute atomic E-state index is 0.0168. The highest BCUT2D eigenvalue weighted by molar-refractivity contribution is 6.07. The lowest BCUT2D eigenvalue weighted by Crippen LogP contribution is -2.52. The number of aromatic nitrogens is 2. The van der Waals surface area contributed by atoms with E-state index in [-0.39, 0.29) is 29.8 Å². The number of H-pyrrole nitrogens is 1. The Bertz CT molecular complexity index is 981. The maximum Gasteiger partial charge on any atom is 0.263 e. The normalized spacial score (nSPS) is 21.4. The molecule has 2 aliphatic rings. The van der Waals surface area contributed by atoms with Crippen molar-refractivity contribution in [3.63, 3.8) is 0 Å². The van der Waals surface area contributed by atoms with E-state index in [2.05, 4.69) is 15.3 Å². The number of hydrogen-bond acceptors (Lipinski definition) is 4. The molecule has 1 fully saturated rings. The second-order valence-electron chi connectivity index (χ2n) is 7.58. The van der Waals surface area contributed by atoms with Crippen molar-refractivity contribution in [2.45, 2.75) is 38.0 Å². The number of nitrogens with zero attached hydrogens (tertiary/aromatic N) is 2. The van der Waals surface area contributed by atoms with Crippen molar-refractivity contribution in [3.05, 3.63) is 57.8 Å². The van der Waals surface area contributed by atoms with Crippen LogP contribution in [0.5, 0.6) is 0 Å². The predicted octanol–water partition coefficient (Wildman–Crippen LogP) is 2.02. The average Bonchev–Trinajstić information content (AvgIpc) is 2.92. The molecule has 0 bridgehead atoms. The van der Waals surface area contributed by atoms with Gasteiger partial charge in [0.05, 0.1) is 5.41 Å². The average molecular weight is 366 g/mol. The molecule has 0 saturated carbocycles. The van der Waals surface area contributed by atoms with Gasteiger partial charge in [0.15, 0.2) is 0 Å². The van der Waals surface area contributed by atoms with Crippen molar-refractivity contribution in [3.8, 4) is 0 Å². The molecule has 7 heteroatoms. The van der Waals surface area contributed by atoms with E-state index in [4.69, 9.17) is 0 Å². The molecule has 4 rings (SSSR count). The number of likely N-dealkylation sites (tertiary alicyclic amines) is 1. The van der Waals surface area contributed by atoms with Crippen LogP contribution in [-0.2, 0) is 10.2 Å². The summed E-state index contributed by atoms with van der Waals surface area (Å²) in [6.07, 6.45) is 2.73. The van der Waals surface area contributed by atoms with E-state index in [1.807, 2.05) is 38.1 Å². The van der Waals surface area contributed by atoms with Gasteiger partial charge in [0.25, 0.3) is 11.5 Å². The van der Waals surface area contributed by atoms with Gasteiger partial charge in [-0.25, -0.2) is 4.98 Å². The van der Waals surface area contributed by atoms with Crippen molar-refractivity contribution in [1.82, 2.24) is 14.9 Å². The molecule has 1 aromatic heterocycles. The number of piperidine rings is 1. The Morgan fingerprint density at radius 3 is 2.78 bits per heavy atom. The summed E-state index contributed by atoms with van der Waals surface area (Å²) < 4.78 is 0. The van der Waals surface area contributed by atoms with Gasteiger partial charge in [-0.2, -0.15) is 0 Å². The van der Waals surface area contributed by atoms with Crippen LogP contribution in [-0.4, -0.2) is 39.8 Å². The van der Waals surface area contributed by atoms with Crippen LogP contribution in [0.2, 0.25) is 0 Å². The SMILES string of the molecule is CC(C)c1ncc(C(=O)N2CCC[C@@]3(C2)C(=O)Nc2ccccc23)c(=O)[nH]1. The molecule has 1 spiro atoms. The zero-order chi connectivity index (χ0) is 19.2. The third-order valence-electron chi connectivity index (χ3n) is 5.50. The third-order valence-corrected chi connectivity index (χ3v) is 5.50. The van der Waals surface area contributed by atoms with Crippen molar-refractivity contribution in [1.29, 1.82) is 0 Å². The van der Waals surface area contributed by atoms with Crippen LogP contribution >= 0.6 is 0 Å². The quantitative estimate of drug-likeness (QED) is 0.850. The van der Waals surface area contributed by atoms with Crippen molar-refractivity contribution in [2.24, 2.45) is 0 Å². The molecule has 1 saturated heterocycles. The summed E-state index contributed by atoms with van der Waals surface area (Å²) in [6, 6.07) is 7.60. The molecule has 3 heterocycles. The second kappa shape index (κ2) is 6.33. The summed E-state index contributed by atoms with van der Waals surface area (Å²) in [4.78, 5) is 46.6. The molecule has 2 aromatic rings. The number of fused-ring (bicyclic) bond motifs is 2. The Morgan fingerprint density at radius 1 is 1.26 bits per heavy atom. The Balaban J connectivity index is 1.65. The fourth-order valence-corrected chi connectivity index (χ4v) is 4.03. The van der Waals surface area contributed by atoms with Crippen LogP contribution in [0.4, 0.5) is 5.69 Å². The Morgan fingerprint density at radius 2 is 2.04 bits per heavy atom. The maximum atomic E-state index is 13.0. The first kappa shape index (κ1) is 17.5. The molecule has 27 heavy (non-hydrogen) atoms. The molecule has 140 valence electrons. The van der Waals surface area contributed by atoms with Gasteiger partial charge in [-0.1, -0.05) is 32.0 Å². The van der Waals surface area contributed by atoms with Crippen molar-refractivity contribution < 1.29 is 9.59 Å². The van der Waals surface area contributed by atoms with Crippen LogP contribution in [0, 0.1) is 0 Å². The summed E-state index contributed by atoms with van der Waals surface area (Å²) in [7, 11) is 0. The highest BCUT2D eigenvalue weighted by atomic mass is 16.2. The summed E-state index contributed by atoms with van der Waals surface area (Å²) in [5.41, 5.74) is 0.563. The topological polar surface area (TPSA) is 95.2 Å². The Kier molecular flexibility index (Phi) is 4.09. The predicted molar refractivity (Wildman–Crippen MR) is 101 cm³/mol. The van der Waals surface area contributed by atoms with E-state index in [1.54, 1.807) is 4.90 Å². The van der Waals surface area contributed by atoms with E-state index in [0.29, 0.717) is 25.2 Å². The molecule has 0 aliphatic carbocycles. The molecular formula is C20H22N4O3. The molecule has 7 nitrogen and oxygen atoms in total. The van der Waals surface area contributed by atoms with Gasteiger partial charge in [-0.3, -0.25) is 14.4 Å². The molecule has 2 amide bonds. The second-order valence-corrected chi connectivity index (χ2v) is 7.58. The first-order chi connectivity index (χ1) is 12.9. The van der Waals surface area contributed by atoms with Gasteiger partial charge in [0, 0.05) is 30.9 Å². The van der Waals surface area contributed by atoms with Crippen molar-refractivity contribution >= 4 is 17.5 Å². The fourth-order valence-electron chi connectivity index (χ4n) is 4.03. The molecular weight excluding hydrogens is 344 g/mol. The van der Waals surface area contributed by atoms with Gasteiger partial charge >= 0.3 is 0 Å². The maximum absolute atomic E-state index is 13.0. The van der Waals surface area contributed by atoms with Gasteiger partial charge < -0.3 is 15.2 Å². The molecule has 0 unspecified atom stereocenters. The smallest absolute Gasteiger partial charge is 0.263 e. The van der Waals surface area contributed by atoms with E-state index < -0.39 is 11.0 Å². The van der Waals surface area contributed by atoms with Crippen LogP contribution in [0.1, 0.15) is 54.4 Å². The minimum atomic E-state index is -0.747. The number of nitrogens with one attached hydrogen (secondary N) is 2. The van der Waals surface area contributed by atoms with Gasteiger partial charge in [-0.15, -0.1) is 0 Å². The number of hydrogen-bond donors (Lipinski definition) is 2. The lowest BCUT2D eigenvalue weighted by molar-refractivity contribution is -0.122. The monoisotopic (exact) mass is 366 g/mol. The van der Waals surface area contributed by atoms with E-state index >= 15 is 0 Å². The zero-order valence-electron chi connectivity index (χ0n) is 15.4. The van der Waals surface area contributed by atoms with Gasteiger partial charge in [-0.05, 0) is 24.5 Å². The Labute approximate surface area is 156 Å². The Hall–Kier alpha value is -2.96. The van der Waals surface area contributed by atoms with E-state index in [1.165, 1.54) is 6.20 Å². The minimum Gasteiger partial charge on any atom is -0.337 e. The number of aromatic amines is 1. The largest absolute Gasteiger partial charge is 0.337 e. The molecule has 1 atom stereocenters. The molecule has 2 aliphatic heterocycles. The van der Waals surface area contributed by atoms with Gasteiger partial charge in [0.2, 0.25) is 5.91 Å². The standard InChI is InChI=1S/C20H22N4O3/c1-12(2)16-21-10-13(17(25)23-16)18(26)24-9-5-8-20(11-24)14-6-3-4-7-15(14)22-19(20)27/h3-4,6-7,10,12H,5,8-9,11H2,1-2H3,(H,22,27)(H,21,23,25)/t20-/m0/s1. The first-order valence-electron chi connectivity index (χ1n) is 9.22. The third kappa shape index (κ3) is 2.74. The lowest BCUT2D eigenvalue weighted by atomic mass is 9.75. The number of carbonyl (C=O) groups excluding carboxylic acids is 2. The zero-order valence-corrected chi connectivity index (χ0v) is 15.4. The van der Waals surface area contributed by atoms with E-state index in [9.17, 15) is 14.4 Å². The molecule has 0 radical (unpaired) electrons. The summed E-state index contributed by atoms with van der Waals surface area (Å²) in [5.74, 6) is 0.160. The summed E-state index contributed by atoms with van der Waals surface area (Å²) in [6.45, 7) is 4.62. The van der Waals surface area contributed by atoms with Crippen LogP contribution in [0.15, 0.2) is 35.3 Å². The van der Waals surface area contributed by atoms with Crippen LogP contribution < -0.4 is 10.9 Å². The van der Waals surface area contributed by atoms with Crippen molar-refractivity contribution in [2.75, 3.05) is 18.4 Å². The highest BCUT2D eigenvalue weighted by Gasteiger charge is 2.50. The summed E-state index contributed by atoms with van der Waals surface area (Å²) >= 11 is 0. The summed E-state index contributed by atoms with van der Waals surface area (Å²) in [5, 5.41) is 2.93. The number of carbonyl (C=O) groups is 2. The molecule has 1 aromatic carbocycles. The highest BCUT2D eigenvalue weighted by Crippen LogP contribution is 2.43. The number of amides is 2. The molecule has 2 N–H and O–H groups in total. The number of anilines is 1. The van der Waals surface area contributed by atoms with Crippen LogP contribution in [0.25, 0.3) is 0 Å². The van der Waals surface area contributed by atoms with Crippen LogP contribution in [0.3, 0.4) is 0 Å². The fraction of sp³-hybridized carbons (Fsp3) is 0.400.